The summed E-state index contributed by atoms with van der Waals surface area (Å²) in [6.45, 7) is 6.18. The Hall–Kier alpha value is -1.92. The van der Waals surface area contributed by atoms with Crippen molar-refractivity contribution >= 4 is 11.8 Å². The Kier molecular flexibility index (Phi) is 3.30. The second-order valence-electron chi connectivity index (χ2n) is 5.94. The number of aryl methyl sites for hydroxylation is 1. The Morgan fingerprint density at radius 1 is 1.42 bits per heavy atom. The molecule has 1 aliphatic rings. The maximum Gasteiger partial charge on any atom is 0.246 e. The van der Waals surface area contributed by atoms with E-state index in [4.69, 9.17) is 0 Å². The summed E-state index contributed by atoms with van der Waals surface area (Å²) in [4.78, 5) is 25.6. The van der Waals surface area contributed by atoms with Gasteiger partial charge >= 0.3 is 0 Å². The van der Waals surface area contributed by atoms with Gasteiger partial charge in [0, 0.05) is 13.2 Å². The normalized spacial score (nSPS) is 20.6. The van der Waals surface area contributed by atoms with Gasteiger partial charge in [-0.15, -0.1) is 5.10 Å². The van der Waals surface area contributed by atoms with Crippen LogP contribution in [0.4, 0.5) is 0 Å². The van der Waals surface area contributed by atoms with E-state index in [-0.39, 0.29) is 23.8 Å². The fourth-order valence-electron chi connectivity index (χ4n) is 2.09. The zero-order valence-electron chi connectivity index (χ0n) is 11.7. The van der Waals surface area contributed by atoms with Crippen LogP contribution in [0.25, 0.3) is 0 Å². The molecule has 0 radical (unpaired) electrons. The van der Waals surface area contributed by atoms with Crippen molar-refractivity contribution in [2.75, 3.05) is 6.54 Å². The summed E-state index contributed by atoms with van der Waals surface area (Å²) in [5.41, 5.74) is 0.367. The molecular weight excluding hydrogens is 246 g/mol. The lowest BCUT2D eigenvalue weighted by atomic mass is 9.85. The molecule has 1 N–H and O–H groups in total. The molecule has 1 saturated heterocycles. The van der Waals surface area contributed by atoms with Crippen LogP contribution < -0.4 is 5.32 Å². The van der Waals surface area contributed by atoms with Crippen molar-refractivity contribution in [2.45, 2.75) is 33.4 Å². The van der Waals surface area contributed by atoms with Crippen LogP contribution in [-0.2, 0) is 23.2 Å². The van der Waals surface area contributed by atoms with E-state index in [1.54, 1.807) is 17.9 Å². The first kappa shape index (κ1) is 13.5. The maximum absolute atomic E-state index is 12.4. The molecule has 2 rings (SSSR count). The SMILES string of the molecule is Cn1cc(CN2CC(=O)NC(C(C)(C)C)C2=O)nn1. The van der Waals surface area contributed by atoms with Crippen LogP contribution in [0.2, 0.25) is 0 Å². The fourth-order valence-corrected chi connectivity index (χ4v) is 2.09. The van der Waals surface area contributed by atoms with Gasteiger partial charge in [-0.2, -0.15) is 0 Å². The summed E-state index contributed by atoms with van der Waals surface area (Å²) in [6.07, 6.45) is 1.74. The number of aromatic nitrogens is 3. The summed E-state index contributed by atoms with van der Waals surface area (Å²) in [6, 6.07) is -0.495. The molecule has 1 aromatic rings. The van der Waals surface area contributed by atoms with Crippen LogP contribution in [0.15, 0.2) is 6.20 Å². The molecule has 0 bridgehead atoms. The Labute approximate surface area is 112 Å². The Balaban J connectivity index is 2.16. The number of carbonyl (C=O) groups excluding carboxylic acids is 2. The zero-order valence-corrected chi connectivity index (χ0v) is 11.7. The first-order valence-corrected chi connectivity index (χ1v) is 6.21. The van der Waals surface area contributed by atoms with E-state index in [9.17, 15) is 9.59 Å². The van der Waals surface area contributed by atoms with Crippen LogP contribution in [0.3, 0.4) is 0 Å². The maximum atomic E-state index is 12.4. The van der Waals surface area contributed by atoms with Gasteiger partial charge in [-0.1, -0.05) is 26.0 Å². The van der Waals surface area contributed by atoms with Gasteiger partial charge in [-0.3, -0.25) is 14.3 Å². The van der Waals surface area contributed by atoms with Gasteiger partial charge in [0.2, 0.25) is 11.8 Å². The minimum atomic E-state index is -0.495. The zero-order chi connectivity index (χ0) is 14.2. The molecule has 0 aliphatic carbocycles. The Morgan fingerprint density at radius 3 is 2.63 bits per heavy atom. The molecule has 7 nitrogen and oxygen atoms in total. The van der Waals surface area contributed by atoms with E-state index < -0.39 is 6.04 Å². The molecule has 7 heteroatoms. The van der Waals surface area contributed by atoms with E-state index in [0.717, 1.165) is 0 Å². The van der Waals surface area contributed by atoms with Gasteiger partial charge in [-0.05, 0) is 5.41 Å². The Bertz CT molecular complexity index is 502. The average molecular weight is 265 g/mol. The van der Waals surface area contributed by atoms with E-state index >= 15 is 0 Å². The van der Waals surface area contributed by atoms with Gasteiger partial charge < -0.3 is 10.2 Å². The molecular formula is C12H19N5O2. The van der Waals surface area contributed by atoms with E-state index in [1.165, 1.54) is 4.90 Å². The topological polar surface area (TPSA) is 80.1 Å². The molecule has 0 spiro atoms. The van der Waals surface area contributed by atoms with Crippen LogP contribution in [0, 0.1) is 5.41 Å². The summed E-state index contributed by atoms with van der Waals surface area (Å²) < 4.78 is 1.57. The number of hydrogen-bond acceptors (Lipinski definition) is 4. The highest BCUT2D eigenvalue weighted by Crippen LogP contribution is 2.23. The first-order valence-electron chi connectivity index (χ1n) is 6.21. The van der Waals surface area contributed by atoms with Crippen molar-refractivity contribution in [3.63, 3.8) is 0 Å². The highest BCUT2D eigenvalue weighted by Gasteiger charge is 2.39. The first-order chi connectivity index (χ1) is 8.77. The molecule has 0 aromatic carbocycles. The molecule has 104 valence electrons. The molecule has 0 saturated carbocycles. The summed E-state index contributed by atoms with van der Waals surface area (Å²) in [5.74, 6) is -0.207. The molecule has 1 unspecified atom stereocenters. The minimum Gasteiger partial charge on any atom is -0.342 e. The van der Waals surface area contributed by atoms with Crippen molar-refractivity contribution in [1.29, 1.82) is 0 Å². The predicted octanol–water partition coefficient (Wildman–Crippen LogP) is -0.312. The number of rotatable bonds is 2. The lowest BCUT2D eigenvalue weighted by molar-refractivity contribution is -0.148. The van der Waals surface area contributed by atoms with E-state index in [0.29, 0.717) is 12.2 Å². The number of nitrogens with zero attached hydrogens (tertiary/aromatic N) is 4. The highest BCUT2D eigenvalue weighted by molar-refractivity contribution is 5.95. The average Bonchev–Trinajstić information content (AvgIpc) is 2.67. The molecule has 1 aromatic heterocycles. The lowest BCUT2D eigenvalue weighted by Gasteiger charge is -2.38. The molecule has 19 heavy (non-hydrogen) atoms. The van der Waals surface area contributed by atoms with Crippen LogP contribution >= 0.6 is 0 Å². The third-order valence-corrected chi connectivity index (χ3v) is 3.07. The number of amides is 2. The van der Waals surface area contributed by atoms with E-state index in [2.05, 4.69) is 15.6 Å². The van der Waals surface area contributed by atoms with Gasteiger partial charge in [-0.25, -0.2) is 0 Å². The molecule has 1 fully saturated rings. The van der Waals surface area contributed by atoms with Crippen molar-refractivity contribution < 1.29 is 9.59 Å². The van der Waals surface area contributed by atoms with Gasteiger partial charge in [0.25, 0.3) is 0 Å². The van der Waals surface area contributed by atoms with Crippen molar-refractivity contribution in [3.8, 4) is 0 Å². The Morgan fingerprint density at radius 2 is 2.11 bits per heavy atom. The second kappa shape index (κ2) is 4.64. The predicted molar refractivity (Wildman–Crippen MR) is 67.8 cm³/mol. The largest absolute Gasteiger partial charge is 0.342 e. The second-order valence-corrected chi connectivity index (χ2v) is 5.94. The number of nitrogens with one attached hydrogen (secondary N) is 1. The summed E-state index contributed by atoms with van der Waals surface area (Å²) in [5, 5.41) is 10.5. The lowest BCUT2D eigenvalue weighted by Crippen LogP contribution is -2.61. The summed E-state index contributed by atoms with van der Waals surface area (Å²) >= 11 is 0. The number of piperazine rings is 1. The van der Waals surface area contributed by atoms with Crippen molar-refractivity contribution in [2.24, 2.45) is 12.5 Å². The minimum absolute atomic E-state index is 0.0714. The molecule has 1 atom stereocenters. The highest BCUT2D eigenvalue weighted by atomic mass is 16.2. The summed E-state index contributed by atoms with van der Waals surface area (Å²) in [7, 11) is 1.76. The number of carbonyl (C=O) groups is 2. The third-order valence-electron chi connectivity index (χ3n) is 3.07. The monoisotopic (exact) mass is 265 g/mol. The molecule has 2 heterocycles. The van der Waals surface area contributed by atoms with Gasteiger partial charge in [0.15, 0.2) is 0 Å². The van der Waals surface area contributed by atoms with Crippen LogP contribution in [0.1, 0.15) is 26.5 Å². The molecule has 1 aliphatic heterocycles. The smallest absolute Gasteiger partial charge is 0.246 e. The molecule has 2 amide bonds. The standard InChI is InChI=1S/C12H19N5O2/c1-12(2,3)10-11(19)17(7-9(18)13-10)6-8-5-16(4)15-14-8/h5,10H,6-7H2,1-4H3,(H,13,18). The van der Waals surface area contributed by atoms with Crippen molar-refractivity contribution in [1.82, 2.24) is 25.2 Å². The van der Waals surface area contributed by atoms with Gasteiger partial charge in [0.1, 0.15) is 18.3 Å². The third kappa shape index (κ3) is 2.91. The van der Waals surface area contributed by atoms with Crippen LogP contribution in [0.5, 0.6) is 0 Å². The number of hydrogen-bond donors (Lipinski definition) is 1. The van der Waals surface area contributed by atoms with Crippen LogP contribution in [-0.4, -0.2) is 44.3 Å². The fraction of sp³-hybridized carbons (Fsp3) is 0.667. The quantitative estimate of drug-likeness (QED) is 0.795. The van der Waals surface area contributed by atoms with Crippen molar-refractivity contribution in [3.05, 3.63) is 11.9 Å². The van der Waals surface area contributed by atoms with Gasteiger partial charge in [0.05, 0.1) is 6.54 Å². The van der Waals surface area contributed by atoms with E-state index in [1.807, 2.05) is 20.8 Å².